The summed E-state index contributed by atoms with van der Waals surface area (Å²) in [5, 5.41) is 13.7. The zero-order chi connectivity index (χ0) is 35.0. The molecule has 3 N–H and O–H groups in total. The molecule has 1 unspecified atom stereocenters. The first-order chi connectivity index (χ1) is 22.4. The van der Waals surface area contributed by atoms with E-state index in [1.807, 2.05) is 16.7 Å². The number of amides is 1. The number of carbonyl (C=O) groups excluding carboxylic acids is 2. The van der Waals surface area contributed by atoms with Crippen molar-refractivity contribution >= 4 is 52.8 Å². The summed E-state index contributed by atoms with van der Waals surface area (Å²) in [5.41, 5.74) is 6.69. The number of carbonyl (C=O) groups is 2. The summed E-state index contributed by atoms with van der Waals surface area (Å²) < 4.78 is 38.2. The standard InChI is InChI=1S/C36H44ClN2O8P/c1-35(2,3)46-48(43,47-36(4,5)6)45-20-27(40)13-14-39-19-30(28-12-10-23(17-31(28)39)22-7-8-22)32(41)21-44-33-18-24-9-11-26(37)15-25(24)16-29(33)34(38)42/h9-12,15-19,22,27,40H,7-8,13-14,20-21H2,1-6H3,(H2,38,42). The van der Waals surface area contributed by atoms with Gasteiger partial charge in [0.2, 0.25) is 5.78 Å². The number of aryl methyl sites for hydroxylation is 1. The van der Waals surface area contributed by atoms with Gasteiger partial charge in [-0.25, -0.2) is 4.57 Å². The van der Waals surface area contributed by atoms with Crippen LogP contribution in [0.2, 0.25) is 5.02 Å². The van der Waals surface area contributed by atoms with Gasteiger partial charge in [-0.1, -0.05) is 29.8 Å². The highest BCUT2D eigenvalue weighted by Gasteiger charge is 2.37. The maximum atomic E-state index is 13.6. The molecule has 12 heteroatoms. The Kier molecular flexibility index (Phi) is 10.5. The number of phosphoric ester groups is 1. The van der Waals surface area contributed by atoms with Crippen LogP contribution >= 0.6 is 19.4 Å². The fraction of sp³-hybridized carbons (Fsp3) is 0.444. The zero-order valence-corrected chi connectivity index (χ0v) is 29.9. The summed E-state index contributed by atoms with van der Waals surface area (Å²) >= 11 is 6.12. The topological polar surface area (TPSA) is 139 Å². The fourth-order valence-corrected chi connectivity index (χ4v) is 7.48. The van der Waals surface area contributed by atoms with Crippen LogP contribution in [-0.4, -0.2) is 51.9 Å². The third-order valence-electron chi connectivity index (χ3n) is 7.68. The van der Waals surface area contributed by atoms with Crippen molar-refractivity contribution < 1.29 is 37.6 Å². The third-order valence-corrected chi connectivity index (χ3v) is 9.92. The van der Waals surface area contributed by atoms with Gasteiger partial charge in [0.25, 0.3) is 5.91 Å². The predicted octanol–water partition coefficient (Wildman–Crippen LogP) is 8.19. The first-order valence-corrected chi connectivity index (χ1v) is 17.9. The molecule has 3 aromatic carbocycles. The number of ether oxygens (including phenoxy) is 1. The molecular weight excluding hydrogens is 655 g/mol. The molecule has 1 heterocycles. The average molecular weight is 699 g/mol. The summed E-state index contributed by atoms with van der Waals surface area (Å²) in [7, 11) is -3.99. The van der Waals surface area contributed by atoms with Gasteiger partial charge in [-0.2, -0.15) is 0 Å². The molecule has 0 bridgehead atoms. The van der Waals surface area contributed by atoms with Crippen molar-refractivity contribution in [3.05, 3.63) is 76.4 Å². The van der Waals surface area contributed by atoms with Crippen LogP contribution in [0.15, 0.2) is 54.7 Å². The lowest BCUT2D eigenvalue weighted by atomic mass is 10.0. The van der Waals surface area contributed by atoms with E-state index in [1.54, 1.807) is 78.1 Å². The van der Waals surface area contributed by atoms with Crippen LogP contribution in [-0.2, 0) is 24.7 Å². The lowest BCUT2D eigenvalue weighted by Crippen LogP contribution is -2.26. The molecular formula is C36H44ClN2O8P. The molecule has 0 aliphatic heterocycles. The van der Waals surface area contributed by atoms with E-state index in [-0.39, 0.29) is 36.7 Å². The van der Waals surface area contributed by atoms with Crippen LogP contribution in [0.1, 0.15) is 93.0 Å². The molecule has 1 atom stereocenters. The number of phosphoric acid groups is 1. The Morgan fingerprint density at radius 1 is 0.979 bits per heavy atom. The van der Waals surface area contributed by atoms with Crippen LogP contribution < -0.4 is 10.5 Å². The van der Waals surface area contributed by atoms with Gasteiger partial charge in [0, 0.05) is 34.2 Å². The summed E-state index contributed by atoms with van der Waals surface area (Å²) in [6.45, 7) is 10.2. The SMILES string of the molecule is CC(C)(C)OP(=O)(OCC(O)CCn1cc(C(=O)COc2cc3ccc(Cl)cc3cc2C(N)=O)c2ccc(C3CC3)cc21)OC(C)(C)C. The number of ketones is 1. The number of rotatable bonds is 14. The Labute approximate surface area is 286 Å². The van der Waals surface area contributed by atoms with Gasteiger partial charge < -0.3 is 20.1 Å². The summed E-state index contributed by atoms with van der Waals surface area (Å²) in [6, 6.07) is 14.6. The van der Waals surface area contributed by atoms with Crippen molar-refractivity contribution in [2.24, 2.45) is 5.73 Å². The van der Waals surface area contributed by atoms with Gasteiger partial charge in [0.15, 0.2) is 6.61 Å². The van der Waals surface area contributed by atoms with E-state index in [0.717, 1.165) is 34.5 Å². The summed E-state index contributed by atoms with van der Waals surface area (Å²) in [5.74, 6) is -0.267. The number of benzene rings is 3. The van der Waals surface area contributed by atoms with Crippen LogP contribution in [0.3, 0.4) is 0 Å². The molecule has 1 aromatic heterocycles. The number of hydrogen-bond donors (Lipinski definition) is 2. The minimum atomic E-state index is -3.99. The normalized spacial score (nSPS) is 14.8. The Hall–Kier alpha value is -3.24. The number of halogens is 1. The second-order valence-corrected chi connectivity index (χ2v) is 16.2. The lowest BCUT2D eigenvalue weighted by Gasteiger charge is -2.31. The zero-order valence-electron chi connectivity index (χ0n) is 28.2. The molecule has 48 heavy (non-hydrogen) atoms. The van der Waals surface area contributed by atoms with E-state index in [1.165, 1.54) is 5.56 Å². The summed E-state index contributed by atoms with van der Waals surface area (Å²) in [6.07, 6.45) is 3.25. The molecule has 1 fully saturated rings. The van der Waals surface area contributed by atoms with Crippen LogP contribution in [0.25, 0.3) is 21.7 Å². The van der Waals surface area contributed by atoms with E-state index in [4.69, 9.17) is 35.6 Å². The molecule has 0 spiro atoms. The van der Waals surface area contributed by atoms with E-state index < -0.39 is 31.0 Å². The Bertz CT molecular complexity index is 1870. The smallest absolute Gasteiger partial charge is 0.475 e. The number of aliphatic hydroxyl groups excluding tert-OH is 1. The quantitative estimate of drug-likeness (QED) is 0.0993. The van der Waals surface area contributed by atoms with Gasteiger partial charge in [-0.15, -0.1) is 0 Å². The molecule has 10 nitrogen and oxygen atoms in total. The lowest BCUT2D eigenvalue weighted by molar-refractivity contribution is -0.0119. The first-order valence-electron chi connectivity index (χ1n) is 16.1. The van der Waals surface area contributed by atoms with Crippen LogP contribution in [0.5, 0.6) is 5.75 Å². The monoisotopic (exact) mass is 698 g/mol. The largest absolute Gasteiger partial charge is 0.485 e. The molecule has 1 saturated carbocycles. The number of nitrogens with two attached hydrogens (primary N) is 1. The molecule has 258 valence electrons. The maximum absolute atomic E-state index is 13.6. The average Bonchev–Trinajstić information content (AvgIpc) is 3.76. The molecule has 0 radical (unpaired) electrons. The van der Waals surface area contributed by atoms with Crippen molar-refractivity contribution in [2.75, 3.05) is 13.2 Å². The highest BCUT2D eigenvalue weighted by Crippen LogP contribution is 2.55. The van der Waals surface area contributed by atoms with Gasteiger partial charge in [0.05, 0.1) is 29.5 Å². The fourth-order valence-electron chi connectivity index (χ4n) is 5.46. The molecule has 0 saturated heterocycles. The van der Waals surface area contributed by atoms with E-state index >= 15 is 0 Å². The number of aromatic nitrogens is 1. The van der Waals surface area contributed by atoms with E-state index in [2.05, 4.69) is 6.07 Å². The van der Waals surface area contributed by atoms with Crippen molar-refractivity contribution in [3.8, 4) is 5.75 Å². The molecule has 1 aliphatic rings. The van der Waals surface area contributed by atoms with Gasteiger partial charge in [0.1, 0.15) is 5.75 Å². The van der Waals surface area contributed by atoms with Crippen LogP contribution in [0, 0.1) is 0 Å². The Morgan fingerprint density at radius 2 is 1.67 bits per heavy atom. The minimum Gasteiger partial charge on any atom is -0.485 e. The van der Waals surface area contributed by atoms with Crippen molar-refractivity contribution in [1.82, 2.24) is 4.57 Å². The molecule has 4 aromatic rings. The number of primary amides is 1. The van der Waals surface area contributed by atoms with Crippen molar-refractivity contribution in [3.63, 3.8) is 0 Å². The van der Waals surface area contributed by atoms with Gasteiger partial charge in [-0.05, 0) is 113 Å². The maximum Gasteiger partial charge on any atom is 0.475 e. The second kappa shape index (κ2) is 13.9. The number of aliphatic hydroxyl groups is 1. The minimum absolute atomic E-state index is 0.149. The molecule has 1 amide bonds. The molecule has 1 aliphatic carbocycles. The van der Waals surface area contributed by atoms with E-state index in [0.29, 0.717) is 23.0 Å². The number of hydrogen-bond acceptors (Lipinski definition) is 8. The summed E-state index contributed by atoms with van der Waals surface area (Å²) in [4.78, 5) is 25.9. The van der Waals surface area contributed by atoms with Crippen molar-refractivity contribution in [2.45, 2.75) is 90.6 Å². The Morgan fingerprint density at radius 3 is 2.29 bits per heavy atom. The number of fused-ring (bicyclic) bond motifs is 2. The highest BCUT2D eigenvalue weighted by molar-refractivity contribution is 7.48. The third kappa shape index (κ3) is 9.26. The van der Waals surface area contributed by atoms with Crippen molar-refractivity contribution in [1.29, 1.82) is 0 Å². The number of Topliss-reactive ketones (excluding diaryl/α,β-unsaturated/α-hetero) is 1. The predicted molar refractivity (Wildman–Crippen MR) is 187 cm³/mol. The highest BCUT2D eigenvalue weighted by atomic mass is 35.5. The van der Waals surface area contributed by atoms with Gasteiger partial charge >= 0.3 is 7.82 Å². The van der Waals surface area contributed by atoms with Gasteiger partial charge in [-0.3, -0.25) is 23.2 Å². The molecule has 5 rings (SSSR count). The van der Waals surface area contributed by atoms with Crippen LogP contribution in [0.4, 0.5) is 0 Å². The Balaban J connectivity index is 1.33. The first kappa shape index (κ1) is 36.1. The number of nitrogens with zero attached hydrogens (tertiary/aromatic N) is 1. The second-order valence-electron chi connectivity index (χ2n) is 14.3. The van der Waals surface area contributed by atoms with E-state index in [9.17, 15) is 19.3 Å².